The summed E-state index contributed by atoms with van der Waals surface area (Å²) >= 11 is 0. The van der Waals surface area contributed by atoms with Crippen molar-refractivity contribution in [1.82, 2.24) is 15.2 Å². The number of carbonyl (C=O) groups excluding carboxylic acids is 1. The largest absolute Gasteiger partial charge is 0.397 e. The molecule has 0 aromatic carbocycles. The third-order valence-electron chi connectivity index (χ3n) is 2.65. The van der Waals surface area contributed by atoms with Crippen LogP contribution < -0.4 is 11.1 Å². The van der Waals surface area contributed by atoms with Gasteiger partial charge in [-0.15, -0.1) is 24.8 Å². The SMILES string of the molecule is CC(C)N(C)CCNC(=O)c1ccc(N)cn1.Cl.Cl. The van der Waals surface area contributed by atoms with Crippen molar-refractivity contribution in [3.05, 3.63) is 24.0 Å². The number of nitrogens with one attached hydrogen (secondary N) is 1. The van der Waals surface area contributed by atoms with Crippen LogP contribution in [-0.2, 0) is 0 Å². The van der Waals surface area contributed by atoms with Crippen LogP contribution in [-0.4, -0.2) is 42.0 Å². The first kappa shape index (κ1) is 20.3. The Morgan fingerprint density at radius 2 is 2.05 bits per heavy atom. The van der Waals surface area contributed by atoms with E-state index in [0.29, 0.717) is 24.0 Å². The van der Waals surface area contributed by atoms with Gasteiger partial charge >= 0.3 is 0 Å². The fourth-order valence-electron chi connectivity index (χ4n) is 1.23. The number of halogens is 2. The summed E-state index contributed by atoms with van der Waals surface area (Å²) in [6, 6.07) is 3.76. The number of hydrogen-bond donors (Lipinski definition) is 2. The van der Waals surface area contributed by atoms with Gasteiger partial charge in [-0.05, 0) is 33.0 Å². The third kappa shape index (κ3) is 7.20. The highest BCUT2D eigenvalue weighted by Crippen LogP contribution is 2.00. The topological polar surface area (TPSA) is 71.2 Å². The zero-order chi connectivity index (χ0) is 12.8. The molecule has 0 aliphatic carbocycles. The van der Waals surface area contributed by atoms with E-state index in [1.807, 2.05) is 7.05 Å². The van der Waals surface area contributed by atoms with Gasteiger partial charge in [0.2, 0.25) is 0 Å². The van der Waals surface area contributed by atoms with E-state index >= 15 is 0 Å². The number of carbonyl (C=O) groups is 1. The highest BCUT2D eigenvalue weighted by molar-refractivity contribution is 5.92. The Labute approximate surface area is 126 Å². The zero-order valence-corrected chi connectivity index (χ0v) is 13.1. The van der Waals surface area contributed by atoms with Crippen LogP contribution in [0.4, 0.5) is 5.69 Å². The average molecular weight is 309 g/mol. The van der Waals surface area contributed by atoms with Crippen molar-refractivity contribution in [1.29, 1.82) is 0 Å². The van der Waals surface area contributed by atoms with Gasteiger partial charge in [-0.3, -0.25) is 4.79 Å². The highest BCUT2D eigenvalue weighted by Gasteiger charge is 2.07. The maximum Gasteiger partial charge on any atom is 0.269 e. The minimum absolute atomic E-state index is 0. The van der Waals surface area contributed by atoms with Gasteiger partial charge in [-0.25, -0.2) is 4.98 Å². The quantitative estimate of drug-likeness (QED) is 0.866. The molecule has 1 rings (SSSR count). The molecule has 1 heterocycles. The molecule has 0 unspecified atom stereocenters. The van der Waals surface area contributed by atoms with Gasteiger partial charge in [0.15, 0.2) is 0 Å². The number of nitrogens with two attached hydrogens (primary N) is 1. The maximum absolute atomic E-state index is 11.7. The first-order valence-corrected chi connectivity index (χ1v) is 5.70. The van der Waals surface area contributed by atoms with Crippen LogP contribution in [0.15, 0.2) is 18.3 Å². The van der Waals surface area contributed by atoms with Crippen LogP contribution >= 0.6 is 24.8 Å². The van der Waals surface area contributed by atoms with E-state index in [-0.39, 0.29) is 30.7 Å². The predicted octanol–water partition coefficient (Wildman–Crippen LogP) is 1.58. The van der Waals surface area contributed by atoms with Crippen molar-refractivity contribution in [3.63, 3.8) is 0 Å². The highest BCUT2D eigenvalue weighted by atomic mass is 35.5. The number of anilines is 1. The van der Waals surface area contributed by atoms with Gasteiger partial charge in [0.25, 0.3) is 5.91 Å². The first-order chi connectivity index (χ1) is 8.00. The van der Waals surface area contributed by atoms with E-state index in [1.165, 1.54) is 6.20 Å². The van der Waals surface area contributed by atoms with Crippen molar-refractivity contribution in [2.75, 3.05) is 25.9 Å². The summed E-state index contributed by atoms with van der Waals surface area (Å²) in [7, 11) is 2.03. The van der Waals surface area contributed by atoms with Crippen molar-refractivity contribution in [2.45, 2.75) is 19.9 Å². The summed E-state index contributed by atoms with van der Waals surface area (Å²) in [4.78, 5) is 17.8. The van der Waals surface area contributed by atoms with Crippen LogP contribution in [0.25, 0.3) is 0 Å². The van der Waals surface area contributed by atoms with E-state index in [2.05, 4.69) is 29.0 Å². The number of nitrogen functional groups attached to an aromatic ring is 1. The van der Waals surface area contributed by atoms with Gasteiger partial charge < -0.3 is 16.0 Å². The van der Waals surface area contributed by atoms with E-state index in [1.54, 1.807) is 12.1 Å². The minimum Gasteiger partial charge on any atom is -0.397 e. The second-order valence-corrected chi connectivity index (χ2v) is 4.31. The lowest BCUT2D eigenvalue weighted by Crippen LogP contribution is -2.36. The lowest BCUT2D eigenvalue weighted by atomic mass is 10.3. The third-order valence-corrected chi connectivity index (χ3v) is 2.65. The van der Waals surface area contributed by atoms with E-state index in [9.17, 15) is 4.79 Å². The molecule has 0 radical (unpaired) electrons. The molecule has 1 aromatic heterocycles. The molecule has 7 heteroatoms. The second-order valence-electron chi connectivity index (χ2n) is 4.31. The number of rotatable bonds is 5. The summed E-state index contributed by atoms with van der Waals surface area (Å²) in [5.41, 5.74) is 6.45. The smallest absolute Gasteiger partial charge is 0.269 e. The van der Waals surface area contributed by atoms with Crippen molar-refractivity contribution < 1.29 is 4.79 Å². The minimum atomic E-state index is -0.165. The van der Waals surface area contributed by atoms with Crippen molar-refractivity contribution in [2.24, 2.45) is 0 Å². The van der Waals surface area contributed by atoms with Crippen molar-refractivity contribution >= 4 is 36.4 Å². The Balaban J connectivity index is 0. The molecule has 3 N–H and O–H groups in total. The fourth-order valence-corrected chi connectivity index (χ4v) is 1.23. The van der Waals surface area contributed by atoms with Gasteiger partial charge in [0.1, 0.15) is 5.69 Å². The Kier molecular flexibility index (Phi) is 10.5. The molecule has 1 amide bonds. The molecule has 0 aliphatic heterocycles. The molecular weight excluding hydrogens is 287 g/mol. The van der Waals surface area contributed by atoms with Gasteiger partial charge in [0, 0.05) is 19.1 Å². The fraction of sp³-hybridized carbons (Fsp3) is 0.500. The first-order valence-electron chi connectivity index (χ1n) is 5.70. The zero-order valence-electron chi connectivity index (χ0n) is 11.4. The molecule has 19 heavy (non-hydrogen) atoms. The molecule has 0 aliphatic rings. The van der Waals surface area contributed by atoms with Gasteiger partial charge in [0.05, 0.1) is 11.9 Å². The monoisotopic (exact) mass is 308 g/mol. The lowest BCUT2D eigenvalue weighted by molar-refractivity contribution is 0.0943. The van der Waals surface area contributed by atoms with E-state index < -0.39 is 0 Å². The van der Waals surface area contributed by atoms with Crippen LogP contribution in [0.2, 0.25) is 0 Å². The van der Waals surface area contributed by atoms with Crippen LogP contribution in [0, 0.1) is 0 Å². The Hall–Kier alpha value is -1.04. The number of pyridine rings is 1. The van der Waals surface area contributed by atoms with Crippen LogP contribution in [0.5, 0.6) is 0 Å². The average Bonchev–Trinajstić information content (AvgIpc) is 2.29. The Morgan fingerprint density at radius 1 is 1.42 bits per heavy atom. The summed E-state index contributed by atoms with van der Waals surface area (Å²) in [5.74, 6) is -0.165. The number of hydrogen-bond acceptors (Lipinski definition) is 4. The molecular formula is C12H22Cl2N4O. The molecule has 0 bridgehead atoms. The molecule has 5 nitrogen and oxygen atoms in total. The number of nitrogens with zero attached hydrogens (tertiary/aromatic N) is 2. The van der Waals surface area contributed by atoms with Crippen molar-refractivity contribution in [3.8, 4) is 0 Å². The molecule has 0 saturated heterocycles. The standard InChI is InChI=1S/C12H20N4O.2ClH/c1-9(2)16(3)7-6-14-12(17)11-5-4-10(13)8-15-11;;/h4-5,8-9H,6-7,13H2,1-3H3,(H,14,17);2*1H. The molecule has 0 atom stereocenters. The summed E-state index contributed by atoms with van der Waals surface area (Å²) < 4.78 is 0. The predicted molar refractivity (Wildman–Crippen MR) is 83.2 cm³/mol. The van der Waals surface area contributed by atoms with Gasteiger partial charge in [-0.1, -0.05) is 0 Å². The molecule has 0 spiro atoms. The molecule has 1 aromatic rings. The maximum atomic E-state index is 11.7. The Bertz CT molecular complexity index is 370. The van der Waals surface area contributed by atoms with E-state index in [4.69, 9.17) is 5.73 Å². The van der Waals surface area contributed by atoms with Crippen LogP contribution in [0.3, 0.4) is 0 Å². The molecule has 0 saturated carbocycles. The normalized spacial score (nSPS) is 9.74. The second kappa shape index (κ2) is 9.83. The Morgan fingerprint density at radius 3 is 2.53 bits per heavy atom. The molecule has 110 valence electrons. The number of aromatic nitrogens is 1. The number of likely N-dealkylation sites (N-methyl/N-ethyl adjacent to an activating group) is 1. The molecule has 0 fully saturated rings. The van der Waals surface area contributed by atoms with E-state index in [0.717, 1.165) is 6.54 Å². The summed E-state index contributed by atoms with van der Waals surface area (Å²) in [6.45, 7) is 5.66. The lowest BCUT2D eigenvalue weighted by Gasteiger charge is -2.20. The van der Waals surface area contributed by atoms with Gasteiger partial charge in [-0.2, -0.15) is 0 Å². The summed E-state index contributed by atoms with van der Waals surface area (Å²) in [5, 5.41) is 2.82. The van der Waals surface area contributed by atoms with Crippen LogP contribution in [0.1, 0.15) is 24.3 Å². The number of amides is 1. The summed E-state index contributed by atoms with van der Waals surface area (Å²) in [6.07, 6.45) is 1.48.